The molecule has 1 aliphatic heterocycles. The van der Waals surface area contributed by atoms with E-state index < -0.39 is 0 Å². The van der Waals surface area contributed by atoms with Gasteiger partial charge in [-0.3, -0.25) is 0 Å². The summed E-state index contributed by atoms with van der Waals surface area (Å²) in [7, 11) is 1.73. The summed E-state index contributed by atoms with van der Waals surface area (Å²) in [5, 5.41) is 0. The minimum absolute atomic E-state index is 0.318. The van der Waals surface area contributed by atoms with Crippen molar-refractivity contribution in [1.29, 1.82) is 0 Å². The fourth-order valence-corrected chi connectivity index (χ4v) is 2.43. The predicted molar refractivity (Wildman–Crippen MR) is 88.3 cm³/mol. The summed E-state index contributed by atoms with van der Waals surface area (Å²) in [6, 6.07) is 2.11. The molecule has 5 heteroatoms. The first-order valence-electron chi connectivity index (χ1n) is 7.71. The molecule has 0 atom stereocenters. The van der Waals surface area contributed by atoms with Crippen molar-refractivity contribution in [2.75, 3.05) is 18.5 Å². The second-order valence-electron chi connectivity index (χ2n) is 6.91. The lowest BCUT2D eigenvalue weighted by Gasteiger charge is -2.32. The molecule has 0 N–H and O–H groups in total. The zero-order chi connectivity index (χ0) is 15.8. The first kappa shape index (κ1) is 16.3. The quantitative estimate of drug-likeness (QED) is 0.798. The van der Waals surface area contributed by atoms with Crippen molar-refractivity contribution in [2.45, 2.75) is 59.2 Å². The van der Waals surface area contributed by atoms with Crippen LogP contribution in [0.5, 0.6) is 0 Å². The predicted octanol–water partition coefficient (Wildman–Crippen LogP) is 2.54. The van der Waals surface area contributed by atoms with Crippen LogP contribution < -0.4 is 10.4 Å². The first-order chi connectivity index (χ1) is 9.68. The second-order valence-corrected chi connectivity index (χ2v) is 6.91. The number of hydrogen-bond acceptors (Lipinski definition) is 4. The van der Waals surface area contributed by atoms with E-state index in [0.717, 1.165) is 29.8 Å². The highest BCUT2D eigenvalue weighted by Crippen LogP contribution is 2.36. The molecule has 1 aromatic rings. The minimum atomic E-state index is -0.340. The van der Waals surface area contributed by atoms with Crippen molar-refractivity contribution < 1.29 is 9.31 Å². The molecule has 0 saturated carbocycles. The van der Waals surface area contributed by atoms with Gasteiger partial charge < -0.3 is 14.2 Å². The smallest absolute Gasteiger partial charge is 0.399 e. The average molecular weight is 290 g/mol. The Morgan fingerprint density at radius 1 is 1.19 bits per heavy atom. The number of hydrogen-bond donors (Lipinski definition) is 0. The van der Waals surface area contributed by atoms with Gasteiger partial charge in [0.05, 0.1) is 11.2 Å². The molecule has 1 aromatic heterocycles. The van der Waals surface area contributed by atoms with Crippen molar-refractivity contribution in [3.8, 4) is 0 Å². The van der Waals surface area contributed by atoms with Crippen LogP contribution in [0, 0.1) is 6.92 Å². The molecule has 1 aliphatic rings. The van der Waals surface area contributed by atoms with Crippen molar-refractivity contribution >= 4 is 18.4 Å². The van der Waals surface area contributed by atoms with E-state index in [-0.39, 0.29) is 18.3 Å². The van der Waals surface area contributed by atoms with Crippen molar-refractivity contribution in [3.05, 3.63) is 17.8 Å². The normalized spacial score (nSPS) is 19.9. The molecule has 21 heavy (non-hydrogen) atoms. The van der Waals surface area contributed by atoms with Gasteiger partial charge in [0.15, 0.2) is 0 Å². The van der Waals surface area contributed by atoms with Crippen LogP contribution in [-0.2, 0) is 9.31 Å². The van der Waals surface area contributed by atoms with Crippen molar-refractivity contribution in [1.82, 2.24) is 4.98 Å². The maximum Gasteiger partial charge on any atom is 0.496 e. The topological polar surface area (TPSA) is 34.6 Å². The summed E-state index contributed by atoms with van der Waals surface area (Å²) in [4.78, 5) is 6.73. The number of aromatic nitrogens is 1. The number of anilines is 1. The van der Waals surface area contributed by atoms with Crippen LogP contribution >= 0.6 is 0 Å². The number of pyridine rings is 1. The van der Waals surface area contributed by atoms with Crippen LogP contribution in [0.4, 0.5) is 5.82 Å². The Morgan fingerprint density at radius 3 is 2.24 bits per heavy atom. The molecular weight excluding hydrogens is 263 g/mol. The molecule has 116 valence electrons. The third-order valence-electron chi connectivity index (χ3n) is 4.59. The molecule has 0 bridgehead atoms. The van der Waals surface area contributed by atoms with Crippen LogP contribution in [0.3, 0.4) is 0 Å². The van der Waals surface area contributed by atoms with Gasteiger partial charge in [-0.2, -0.15) is 0 Å². The summed E-state index contributed by atoms with van der Waals surface area (Å²) in [5.74, 6) is 0.995. The molecule has 1 saturated heterocycles. The molecule has 0 aliphatic carbocycles. The Bertz CT molecular complexity index is 501. The minimum Gasteiger partial charge on any atom is -0.399 e. The maximum atomic E-state index is 6.10. The first-order valence-corrected chi connectivity index (χ1v) is 7.71. The molecule has 2 heterocycles. The van der Waals surface area contributed by atoms with Gasteiger partial charge in [0.1, 0.15) is 5.82 Å². The van der Waals surface area contributed by atoms with E-state index >= 15 is 0 Å². The fraction of sp³-hybridized carbons (Fsp3) is 0.688. The Labute approximate surface area is 129 Å². The van der Waals surface area contributed by atoms with Gasteiger partial charge in [-0.15, -0.1) is 0 Å². The molecule has 1 fully saturated rings. The van der Waals surface area contributed by atoms with Gasteiger partial charge in [-0.25, -0.2) is 4.98 Å². The van der Waals surface area contributed by atoms with E-state index in [1.165, 1.54) is 0 Å². The van der Waals surface area contributed by atoms with Gasteiger partial charge in [0.2, 0.25) is 0 Å². The lowest BCUT2D eigenvalue weighted by molar-refractivity contribution is 0.00578. The zero-order valence-corrected chi connectivity index (χ0v) is 14.4. The summed E-state index contributed by atoms with van der Waals surface area (Å²) in [6.07, 6.45) is 3.00. The highest BCUT2D eigenvalue weighted by Gasteiger charge is 2.52. The molecule has 0 unspecified atom stereocenters. The molecule has 0 aromatic carbocycles. The van der Waals surface area contributed by atoms with Gasteiger partial charge in [-0.05, 0) is 52.7 Å². The summed E-state index contributed by atoms with van der Waals surface area (Å²) in [5.41, 5.74) is 1.53. The fourth-order valence-electron chi connectivity index (χ4n) is 2.43. The van der Waals surface area contributed by atoms with Gasteiger partial charge in [0, 0.05) is 25.3 Å². The van der Waals surface area contributed by atoms with Crippen LogP contribution in [0.15, 0.2) is 12.3 Å². The third kappa shape index (κ3) is 3.09. The number of aryl methyl sites for hydroxylation is 1. The van der Waals surface area contributed by atoms with Crippen molar-refractivity contribution in [3.63, 3.8) is 0 Å². The van der Waals surface area contributed by atoms with E-state index in [1.807, 2.05) is 6.20 Å². The summed E-state index contributed by atoms with van der Waals surface area (Å²) in [6.45, 7) is 13.5. The molecule has 0 radical (unpaired) electrons. The Kier molecular flexibility index (Phi) is 4.36. The maximum absolute atomic E-state index is 6.10. The number of rotatable bonds is 4. The highest BCUT2D eigenvalue weighted by molar-refractivity contribution is 6.62. The Balaban J connectivity index is 2.23. The molecule has 0 amide bonds. The van der Waals surface area contributed by atoms with Crippen molar-refractivity contribution in [2.24, 2.45) is 0 Å². The van der Waals surface area contributed by atoms with E-state index in [4.69, 9.17) is 9.31 Å². The Morgan fingerprint density at radius 2 is 1.76 bits per heavy atom. The average Bonchev–Trinajstić information content (AvgIpc) is 2.58. The monoisotopic (exact) mass is 290 g/mol. The largest absolute Gasteiger partial charge is 0.496 e. The molecule has 2 rings (SSSR count). The second kappa shape index (κ2) is 5.62. The summed E-state index contributed by atoms with van der Waals surface area (Å²) >= 11 is 0. The lowest BCUT2D eigenvalue weighted by atomic mass is 9.77. The standard InChI is InChI=1S/C16H27BN2O2/c1-8-9-19(7)14-10-12(2)13(11-18-14)17-20-15(3,4)16(5,6)21-17/h10-11H,8-9H2,1-7H3. The van der Waals surface area contributed by atoms with Crippen LogP contribution in [0.2, 0.25) is 0 Å². The zero-order valence-electron chi connectivity index (χ0n) is 14.4. The van der Waals surface area contributed by atoms with E-state index in [1.54, 1.807) is 0 Å². The summed E-state index contributed by atoms with van der Waals surface area (Å²) < 4.78 is 12.2. The molecule has 0 spiro atoms. The number of nitrogens with zero attached hydrogens (tertiary/aromatic N) is 2. The van der Waals surface area contributed by atoms with Gasteiger partial charge >= 0.3 is 7.12 Å². The van der Waals surface area contributed by atoms with Crippen LogP contribution in [-0.4, -0.2) is 36.9 Å². The Hall–Kier alpha value is -1.07. The molecular formula is C16H27BN2O2. The van der Waals surface area contributed by atoms with Crippen LogP contribution in [0.1, 0.15) is 46.6 Å². The lowest BCUT2D eigenvalue weighted by Crippen LogP contribution is -2.41. The van der Waals surface area contributed by atoms with E-state index in [0.29, 0.717) is 0 Å². The highest BCUT2D eigenvalue weighted by atomic mass is 16.7. The van der Waals surface area contributed by atoms with Gasteiger partial charge in [0.25, 0.3) is 0 Å². The van der Waals surface area contributed by atoms with E-state index in [9.17, 15) is 0 Å². The van der Waals surface area contributed by atoms with Crippen LogP contribution in [0.25, 0.3) is 0 Å². The van der Waals surface area contributed by atoms with Gasteiger partial charge in [-0.1, -0.05) is 6.92 Å². The van der Waals surface area contributed by atoms with E-state index in [2.05, 4.69) is 64.5 Å². The third-order valence-corrected chi connectivity index (χ3v) is 4.59. The SMILES string of the molecule is CCCN(C)c1cc(C)c(B2OC(C)(C)C(C)(C)O2)cn1. The molecule has 4 nitrogen and oxygen atoms in total.